The molecule has 0 saturated heterocycles. The Labute approximate surface area is 170 Å². The number of nitrogens with one attached hydrogen (secondary N) is 1. The zero-order valence-corrected chi connectivity index (χ0v) is 18.0. The number of esters is 1. The number of benzene rings is 2. The number of carbonyl (C=O) groups excluding carboxylic acids is 1. The van der Waals surface area contributed by atoms with E-state index in [0.717, 1.165) is 16.9 Å². The highest BCUT2D eigenvalue weighted by molar-refractivity contribution is 7.90. The summed E-state index contributed by atoms with van der Waals surface area (Å²) in [4.78, 5) is 12.1. The number of hydrogen-bond donors (Lipinski definition) is 1. The van der Waals surface area contributed by atoms with E-state index in [1.54, 1.807) is 6.92 Å². The Kier molecular flexibility index (Phi) is 7.92. The lowest BCUT2D eigenvalue weighted by Gasteiger charge is -2.28. The number of ether oxygens (including phenoxy) is 2. The first-order valence-corrected chi connectivity index (χ1v) is 10.5. The predicted molar refractivity (Wildman–Crippen MR) is 113 cm³/mol. The second-order valence-corrected chi connectivity index (χ2v) is 9.55. The van der Waals surface area contributed by atoms with Crippen molar-refractivity contribution in [2.24, 2.45) is 0 Å². The maximum Gasteiger partial charge on any atom is 0.307 e. The van der Waals surface area contributed by atoms with E-state index in [9.17, 15) is 9.35 Å². The van der Waals surface area contributed by atoms with Crippen molar-refractivity contribution in [3.8, 4) is 11.5 Å². The molecule has 2 aromatic carbocycles. The van der Waals surface area contributed by atoms with E-state index in [1.165, 1.54) is 0 Å². The summed E-state index contributed by atoms with van der Waals surface area (Å²) in [6, 6.07) is 14.8. The van der Waals surface area contributed by atoms with Crippen molar-refractivity contribution in [1.29, 1.82) is 0 Å². The van der Waals surface area contributed by atoms with Gasteiger partial charge in [0.05, 0.1) is 19.1 Å². The molecule has 0 unspecified atom stereocenters. The Morgan fingerprint density at radius 2 is 1.79 bits per heavy atom. The third-order valence-corrected chi connectivity index (χ3v) is 5.58. The SMILES string of the molecule is CCOC(=O)C[C@H](N[S@+]([O-])C(C)(C)C)c1cccc(Oc2cccc(C)c2)c1. The molecule has 0 aliphatic carbocycles. The van der Waals surface area contributed by atoms with Crippen LogP contribution in [0.1, 0.15) is 51.3 Å². The Hall–Kier alpha value is -2.02. The first-order valence-electron chi connectivity index (χ1n) is 9.37. The molecular weight excluding hydrogens is 374 g/mol. The predicted octanol–water partition coefficient (Wildman–Crippen LogP) is 4.83. The molecule has 152 valence electrons. The minimum absolute atomic E-state index is 0.0869. The van der Waals surface area contributed by atoms with Crippen LogP contribution in [0.4, 0.5) is 0 Å². The van der Waals surface area contributed by atoms with Gasteiger partial charge in [-0.3, -0.25) is 4.79 Å². The molecule has 0 bridgehead atoms. The lowest BCUT2D eigenvalue weighted by Crippen LogP contribution is -2.42. The summed E-state index contributed by atoms with van der Waals surface area (Å²) < 4.78 is 26.3. The fraction of sp³-hybridized carbons (Fsp3) is 0.409. The molecule has 0 saturated carbocycles. The zero-order chi connectivity index (χ0) is 20.7. The van der Waals surface area contributed by atoms with Crippen molar-refractivity contribution < 1.29 is 18.8 Å². The van der Waals surface area contributed by atoms with Gasteiger partial charge in [-0.05, 0) is 70.0 Å². The molecule has 0 spiro atoms. The lowest BCUT2D eigenvalue weighted by atomic mass is 10.0. The van der Waals surface area contributed by atoms with E-state index in [2.05, 4.69) is 4.72 Å². The summed E-state index contributed by atoms with van der Waals surface area (Å²) in [5.41, 5.74) is 1.92. The van der Waals surface area contributed by atoms with Crippen LogP contribution in [0.25, 0.3) is 0 Å². The lowest BCUT2D eigenvalue weighted by molar-refractivity contribution is -0.143. The molecule has 0 heterocycles. The monoisotopic (exact) mass is 403 g/mol. The smallest absolute Gasteiger partial charge is 0.307 e. The van der Waals surface area contributed by atoms with Gasteiger partial charge in [-0.1, -0.05) is 24.3 Å². The van der Waals surface area contributed by atoms with Crippen molar-refractivity contribution in [3.05, 3.63) is 59.7 Å². The van der Waals surface area contributed by atoms with Crippen LogP contribution < -0.4 is 9.46 Å². The van der Waals surface area contributed by atoms with Crippen molar-refractivity contribution in [2.75, 3.05) is 6.61 Å². The van der Waals surface area contributed by atoms with Crippen LogP contribution in [0, 0.1) is 6.92 Å². The molecule has 0 amide bonds. The van der Waals surface area contributed by atoms with Gasteiger partial charge in [0.1, 0.15) is 16.2 Å². The highest BCUT2D eigenvalue weighted by Gasteiger charge is 2.31. The molecule has 28 heavy (non-hydrogen) atoms. The first-order chi connectivity index (χ1) is 13.2. The molecule has 2 aromatic rings. The summed E-state index contributed by atoms with van der Waals surface area (Å²) in [5, 5.41) is 0. The summed E-state index contributed by atoms with van der Waals surface area (Å²) in [6.07, 6.45) is 0.0869. The molecule has 0 aromatic heterocycles. The first kappa shape index (κ1) is 22.3. The second-order valence-electron chi connectivity index (χ2n) is 7.55. The van der Waals surface area contributed by atoms with Crippen LogP contribution in [-0.4, -0.2) is 21.9 Å². The molecule has 2 rings (SSSR count). The maximum absolute atomic E-state index is 12.6. The van der Waals surface area contributed by atoms with Crippen LogP contribution in [-0.2, 0) is 20.9 Å². The van der Waals surface area contributed by atoms with Gasteiger partial charge in [-0.25, -0.2) is 0 Å². The molecule has 6 heteroatoms. The highest BCUT2D eigenvalue weighted by atomic mass is 32.2. The van der Waals surface area contributed by atoms with Crippen LogP contribution in [0.2, 0.25) is 0 Å². The number of rotatable bonds is 8. The van der Waals surface area contributed by atoms with Crippen molar-refractivity contribution in [3.63, 3.8) is 0 Å². The van der Waals surface area contributed by atoms with Crippen LogP contribution in [0.15, 0.2) is 48.5 Å². The molecule has 0 aliphatic heterocycles. The van der Waals surface area contributed by atoms with Crippen LogP contribution in [0.5, 0.6) is 11.5 Å². The van der Waals surface area contributed by atoms with Gasteiger partial charge in [-0.2, -0.15) is 0 Å². The van der Waals surface area contributed by atoms with Gasteiger partial charge in [0, 0.05) is 11.4 Å². The summed E-state index contributed by atoms with van der Waals surface area (Å²) >= 11 is -1.33. The highest BCUT2D eigenvalue weighted by Crippen LogP contribution is 2.28. The van der Waals surface area contributed by atoms with Crippen molar-refractivity contribution in [2.45, 2.75) is 51.8 Å². The minimum Gasteiger partial charge on any atom is -0.598 e. The number of hydrogen-bond acceptors (Lipinski definition) is 5. The topological polar surface area (TPSA) is 70.6 Å². The van der Waals surface area contributed by atoms with E-state index >= 15 is 0 Å². The summed E-state index contributed by atoms with van der Waals surface area (Å²) in [5.74, 6) is 1.06. The van der Waals surface area contributed by atoms with Gasteiger partial charge in [-0.15, -0.1) is 4.72 Å². The largest absolute Gasteiger partial charge is 0.598 e. The van der Waals surface area contributed by atoms with Gasteiger partial charge >= 0.3 is 5.97 Å². The fourth-order valence-electron chi connectivity index (χ4n) is 2.53. The Morgan fingerprint density at radius 1 is 1.14 bits per heavy atom. The fourth-order valence-corrected chi connectivity index (χ4v) is 3.36. The molecule has 2 atom stereocenters. The molecule has 0 aliphatic rings. The second kappa shape index (κ2) is 9.96. The Bertz CT molecular complexity index is 788. The molecule has 0 fully saturated rings. The number of carbonyl (C=O) groups is 1. The Morgan fingerprint density at radius 3 is 2.39 bits per heavy atom. The number of aryl methyl sites for hydroxylation is 1. The molecule has 5 nitrogen and oxygen atoms in total. The average Bonchev–Trinajstić information content (AvgIpc) is 2.61. The minimum atomic E-state index is -1.33. The van der Waals surface area contributed by atoms with E-state index in [4.69, 9.17) is 9.47 Å². The third kappa shape index (κ3) is 6.86. The molecule has 1 N–H and O–H groups in total. The van der Waals surface area contributed by atoms with Gasteiger partial charge in [0.25, 0.3) is 0 Å². The molecular formula is C22H29NO4S. The van der Waals surface area contributed by atoms with Crippen molar-refractivity contribution in [1.82, 2.24) is 4.72 Å². The molecule has 0 radical (unpaired) electrons. The van der Waals surface area contributed by atoms with Crippen LogP contribution in [0.3, 0.4) is 0 Å². The van der Waals surface area contributed by atoms with E-state index in [1.807, 2.05) is 76.2 Å². The van der Waals surface area contributed by atoms with Crippen LogP contribution >= 0.6 is 0 Å². The average molecular weight is 404 g/mol. The quantitative estimate of drug-likeness (QED) is 0.505. The summed E-state index contributed by atoms with van der Waals surface area (Å²) in [6.45, 7) is 9.73. The van der Waals surface area contributed by atoms with Gasteiger partial charge in [0.2, 0.25) is 0 Å². The van der Waals surface area contributed by atoms with Gasteiger partial charge < -0.3 is 14.0 Å². The van der Waals surface area contributed by atoms with E-state index in [-0.39, 0.29) is 12.4 Å². The van der Waals surface area contributed by atoms with E-state index in [0.29, 0.717) is 12.4 Å². The Balaban J connectivity index is 2.24. The maximum atomic E-state index is 12.6. The zero-order valence-electron chi connectivity index (χ0n) is 17.2. The summed E-state index contributed by atoms with van der Waals surface area (Å²) in [7, 11) is 0. The standard InChI is InChI=1S/C22H29NO4S/c1-6-26-21(24)15-20(23-28(25)22(3,4)5)17-10-8-12-19(14-17)27-18-11-7-9-16(2)13-18/h7-14,20,23H,6,15H2,1-5H3/t20-,28+/m0/s1. The normalized spacial score (nSPS) is 13.6. The third-order valence-electron chi connectivity index (χ3n) is 3.97. The van der Waals surface area contributed by atoms with Gasteiger partial charge in [0.15, 0.2) is 0 Å². The van der Waals surface area contributed by atoms with Crippen molar-refractivity contribution >= 4 is 17.3 Å². The van der Waals surface area contributed by atoms with E-state index < -0.39 is 22.2 Å².